The van der Waals surface area contributed by atoms with Crippen molar-refractivity contribution in [3.63, 3.8) is 0 Å². The number of aromatic nitrogens is 5. The van der Waals surface area contributed by atoms with E-state index in [1.807, 2.05) is 35.9 Å². The fourth-order valence-electron chi connectivity index (χ4n) is 3.82. The van der Waals surface area contributed by atoms with Gasteiger partial charge in [-0.25, -0.2) is 4.79 Å². The highest BCUT2D eigenvalue weighted by atomic mass is 32.2. The average Bonchev–Trinajstić information content (AvgIpc) is 3.31. The summed E-state index contributed by atoms with van der Waals surface area (Å²) in [6, 6.07) is 16.3. The molecule has 0 spiro atoms. The van der Waals surface area contributed by atoms with E-state index in [2.05, 4.69) is 58.2 Å². The Hall–Kier alpha value is -3.00. The van der Waals surface area contributed by atoms with Crippen LogP contribution in [0.3, 0.4) is 0 Å². The van der Waals surface area contributed by atoms with Gasteiger partial charge in [0, 0.05) is 43.7 Å². The fraction of sp³-hybridized carbons (Fsp3) is 0.348. The predicted octanol–water partition coefficient (Wildman–Crippen LogP) is 4.15. The third kappa shape index (κ3) is 4.39. The van der Waals surface area contributed by atoms with Gasteiger partial charge >= 0.3 is 5.69 Å². The Balaban J connectivity index is 1.38. The van der Waals surface area contributed by atoms with Gasteiger partial charge in [0.1, 0.15) is 0 Å². The summed E-state index contributed by atoms with van der Waals surface area (Å²) in [7, 11) is 2.00. The van der Waals surface area contributed by atoms with E-state index in [1.165, 1.54) is 5.69 Å². The van der Waals surface area contributed by atoms with Gasteiger partial charge in [-0.1, -0.05) is 23.9 Å². The zero-order chi connectivity index (χ0) is 21.8. The Morgan fingerprint density at radius 1 is 1.03 bits per heavy atom. The molecule has 0 saturated heterocycles. The fourth-order valence-corrected chi connectivity index (χ4v) is 4.65. The van der Waals surface area contributed by atoms with Gasteiger partial charge in [0.15, 0.2) is 11.0 Å². The molecule has 2 aromatic carbocycles. The van der Waals surface area contributed by atoms with Gasteiger partial charge in [-0.15, -0.1) is 10.2 Å². The number of rotatable bonds is 9. The van der Waals surface area contributed by atoms with Crippen molar-refractivity contribution < 1.29 is 0 Å². The number of hydrogen-bond acceptors (Lipinski definition) is 5. The minimum Gasteiger partial charge on any atom is -0.372 e. The number of thioether (sulfide) groups is 1. The third-order valence-corrected chi connectivity index (χ3v) is 6.63. The molecule has 0 fully saturated rings. The summed E-state index contributed by atoms with van der Waals surface area (Å²) < 4.78 is 3.84. The van der Waals surface area contributed by atoms with Crippen molar-refractivity contribution in [3.8, 4) is 11.4 Å². The number of fused-ring (bicyclic) bond motifs is 1. The molecule has 0 amide bonds. The molecule has 0 aliphatic carbocycles. The Morgan fingerprint density at radius 3 is 2.52 bits per heavy atom. The Labute approximate surface area is 186 Å². The molecule has 2 aromatic heterocycles. The van der Waals surface area contributed by atoms with Crippen LogP contribution in [0, 0.1) is 0 Å². The smallest absolute Gasteiger partial charge is 0.326 e. The highest BCUT2D eigenvalue weighted by Crippen LogP contribution is 2.25. The summed E-state index contributed by atoms with van der Waals surface area (Å²) in [5.41, 5.74) is 4.05. The van der Waals surface area contributed by atoms with Crippen LogP contribution in [-0.4, -0.2) is 43.2 Å². The van der Waals surface area contributed by atoms with Crippen LogP contribution in [0.1, 0.15) is 20.3 Å². The van der Waals surface area contributed by atoms with Crippen LogP contribution >= 0.6 is 11.8 Å². The normalized spacial score (nSPS) is 11.3. The maximum Gasteiger partial charge on any atom is 0.326 e. The van der Waals surface area contributed by atoms with E-state index in [0.717, 1.165) is 52.8 Å². The zero-order valence-electron chi connectivity index (χ0n) is 18.2. The zero-order valence-corrected chi connectivity index (χ0v) is 19.0. The predicted molar refractivity (Wildman–Crippen MR) is 128 cm³/mol. The molecule has 1 N–H and O–H groups in total. The van der Waals surface area contributed by atoms with Crippen LogP contribution in [0.4, 0.5) is 5.69 Å². The highest BCUT2D eigenvalue weighted by Gasteiger charge is 2.12. The Morgan fingerprint density at radius 2 is 1.77 bits per heavy atom. The molecule has 0 unspecified atom stereocenters. The van der Waals surface area contributed by atoms with Crippen molar-refractivity contribution in [2.24, 2.45) is 7.05 Å². The van der Waals surface area contributed by atoms with Crippen molar-refractivity contribution in [1.29, 1.82) is 0 Å². The second kappa shape index (κ2) is 9.43. The van der Waals surface area contributed by atoms with Crippen LogP contribution in [-0.2, 0) is 13.6 Å². The van der Waals surface area contributed by atoms with Crippen molar-refractivity contribution in [2.45, 2.75) is 32.0 Å². The van der Waals surface area contributed by atoms with Gasteiger partial charge in [0.05, 0.1) is 11.0 Å². The molecule has 0 saturated carbocycles. The third-order valence-electron chi connectivity index (χ3n) is 5.53. The lowest BCUT2D eigenvalue weighted by Crippen LogP contribution is -2.21. The Kier molecular flexibility index (Phi) is 6.46. The number of benzene rings is 2. The molecule has 0 bridgehead atoms. The van der Waals surface area contributed by atoms with E-state index in [0.29, 0.717) is 6.54 Å². The molecule has 0 atom stereocenters. The second-order valence-corrected chi connectivity index (χ2v) is 8.45. The summed E-state index contributed by atoms with van der Waals surface area (Å²) in [4.78, 5) is 17.4. The van der Waals surface area contributed by atoms with E-state index in [1.54, 1.807) is 16.3 Å². The standard InChI is InChI=1S/C23H28N6OS/c1-4-28(5-2)18-13-11-17(12-14-18)21-25-26-23(27(21)3)31-16-8-15-29-20-10-7-6-9-19(20)24-22(29)30/h6-7,9-14H,4-5,8,15-16H2,1-3H3,(H,24,30). The van der Waals surface area contributed by atoms with Crippen molar-refractivity contribution in [3.05, 3.63) is 59.0 Å². The van der Waals surface area contributed by atoms with E-state index in [4.69, 9.17) is 0 Å². The summed E-state index contributed by atoms with van der Waals surface area (Å²) in [5.74, 6) is 1.72. The van der Waals surface area contributed by atoms with Crippen molar-refractivity contribution in [1.82, 2.24) is 24.3 Å². The molecule has 0 aliphatic heterocycles. The van der Waals surface area contributed by atoms with Gasteiger partial charge in [-0.2, -0.15) is 0 Å². The maximum atomic E-state index is 12.2. The van der Waals surface area contributed by atoms with E-state index in [-0.39, 0.29) is 5.69 Å². The molecule has 31 heavy (non-hydrogen) atoms. The van der Waals surface area contributed by atoms with Gasteiger partial charge < -0.3 is 14.5 Å². The number of aromatic amines is 1. The molecule has 0 radical (unpaired) electrons. The van der Waals surface area contributed by atoms with E-state index in [9.17, 15) is 4.79 Å². The number of nitrogens with zero attached hydrogens (tertiary/aromatic N) is 5. The first-order chi connectivity index (χ1) is 15.1. The summed E-state index contributed by atoms with van der Waals surface area (Å²) in [6.45, 7) is 6.99. The minimum atomic E-state index is -0.0553. The topological polar surface area (TPSA) is 71.7 Å². The first kappa shape index (κ1) is 21.2. The molecule has 162 valence electrons. The van der Waals surface area contributed by atoms with Crippen LogP contribution in [0.25, 0.3) is 22.4 Å². The molecule has 7 nitrogen and oxygen atoms in total. The largest absolute Gasteiger partial charge is 0.372 e. The monoisotopic (exact) mass is 436 g/mol. The first-order valence-electron chi connectivity index (χ1n) is 10.7. The summed E-state index contributed by atoms with van der Waals surface area (Å²) in [6.07, 6.45) is 0.868. The van der Waals surface area contributed by atoms with Gasteiger partial charge in [0.25, 0.3) is 0 Å². The summed E-state index contributed by atoms with van der Waals surface area (Å²) in [5, 5.41) is 9.66. The van der Waals surface area contributed by atoms with Gasteiger partial charge in [0.2, 0.25) is 0 Å². The second-order valence-electron chi connectivity index (χ2n) is 7.39. The maximum absolute atomic E-state index is 12.2. The number of hydrogen-bond donors (Lipinski definition) is 1. The number of imidazole rings is 1. The summed E-state index contributed by atoms with van der Waals surface area (Å²) >= 11 is 1.67. The molecule has 0 aliphatic rings. The number of nitrogens with one attached hydrogen (secondary N) is 1. The van der Waals surface area contributed by atoms with Gasteiger partial charge in [-0.3, -0.25) is 4.57 Å². The average molecular weight is 437 g/mol. The van der Waals surface area contributed by atoms with Crippen molar-refractivity contribution >= 4 is 28.5 Å². The quantitative estimate of drug-likeness (QED) is 0.315. The van der Waals surface area contributed by atoms with Crippen LogP contribution in [0.5, 0.6) is 0 Å². The molecular weight excluding hydrogens is 408 g/mol. The number of aryl methyl sites for hydroxylation is 1. The van der Waals surface area contributed by atoms with Crippen molar-refractivity contribution in [2.75, 3.05) is 23.7 Å². The molecule has 2 heterocycles. The Bertz CT molecular complexity index is 1200. The first-order valence-corrected chi connectivity index (χ1v) is 11.7. The molecular formula is C23H28N6OS. The lowest BCUT2D eigenvalue weighted by molar-refractivity contribution is 0.678. The van der Waals surface area contributed by atoms with Crippen LogP contribution in [0.15, 0.2) is 58.5 Å². The number of H-pyrrole nitrogens is 1. The molecule has 8 heteroatoms. The lowest BCUT2D eigenvalue weighted by atomic mass is 10.2. The molecule has 4 aromatic rings. The lowest BCUT2D eigenvalue weighted by Gasteiger charge is -2.21. The number of anilines is 1. The molecule has 4 rings (SSSR count). The van der Waals surface area contributed by atoms with E-state index < -0.39 is 0 Å². The minimum absolute atomic E-state index is 0.0553. The number of para-hydroxylation sites is 2. The van der Waals surface area contributed by atoms with Gasteiger partial charge in [-0.05, 0) is 56.7 Å². The highest BCUT2D eigenvalue weighted by molar-refractivity contribution is 7.99. The van der Waals surface area contributed by atoms with Crippen LogP contribution < -0.4 is 10.6 Å². The van der Waals surface area contributed by atoms with E-state index >= 15 is 0 Å². The van der Waals surface area contributed by atoms with Crippen LogP contribution in [0.2, 0.25) is 0 Å². The SMILES string of the molecule is CCN(CC)c1ccc(-c2nnc(SCCCn3c(=O)[nH]c4ccccc43)n2C)cc1.